The third kappa shape index (κ3) is 4.93. The van der Waals surface area contributed by atoms with Crippen molar-refractivity contribution in [1.82, 2.24) is 0 Å². The molecule has 2 rings (SSSR count). The van der Waals surface area contributed by atoms with Crippen LogP contribution in [-0.4, -0.2) is 13.2 Å². The summed E-state index contributed by atoms with van der Waals surface area (Å²) in [5.41, 5.74) is 2.84. The van der Waals surface area contributed by atoms with E-state index in [9.17, 15) is 4.57 Å². The summed E-state index contributed by atoms with van der Waals surface area (Å²) >= 11 is 3.47. The second-order valence-electron chi connectivity index (χ2n) is 5.35. The topological polar surface area (TPSA) is 47.6 Å². The first-order chi connectivity index (χ1) is 11.5. The molecule has 1 N–H and O–H groups in total. The van der Waals surface area contributed by atoms with E-state index in [1.807, 2.05) is 69.3 Å². The third-order valence-corrected chi connectivity index (χ3v) is 6.21. The van der Waals surface area contributed by atoms with E-state index in [2.05, 4.69) is 21.2 Å². The normalized spacial score (nSPS) is 12.8. The summed E-state index contributed by atoms with van der Waals surface area (Å²) in [5.74, 6) is -0.586. The van der Waals surface area contributed by atoms with Crippen LogP contribution in [0.25, 0.3) is 0 Å². The summed E-state index contributed by atoms with van der Waals surface area (Å²) in [4.78, 5) is 0. The number of benzene rings is 2. The van der Waals surface area contributed by atoms with Gasteiger partial charge in [0.25, 0.3) is 0 Å². The van der Waals surface area contributed by atoms with Crippen LogP contribution >= 0.6 is 23.5 Å². The Kier molecular flexibility index (Phi) is 7.05. The average Bonchev–Trinajstić information content (AvgIpc) is 2.53. The van der Waals surface area contributed by atoms with Gasteiger partial charge in [0.05, 0.1) is 13.2 Å². The first kappa shape index (κ1) is 19.2. The van der Waals surface area contributed by atoms with Crippen LogP contribution in [0.3, 0.4) is 0 Å². The summed E-state index contributed by atoms with van der Waals surface area (Å²) in [6, 6.07) is 15.6. The Labute approximate surface area is 152 Å². The van der Waals surface area contributed by atoms with Crippen molar-refractivity contribution in [2.24, 2.45) is 0 Å². The fourth-order valence-corrected chi connectivity index (χ4v) is 4.80. The van der Waals surface area contributed by atoms with Crippen molar-refractivity contribution in [2.45, 2.75) is 26.6 Å². The molecule has 0 radical (unpaired) electrons. The van der Waals surface area contributed by atoms with Crippen LogP contribution in [0.1, 0.15) is 30.8 Å². The van der Waals surface area contributed by atoms with Crippen molar-refractivity contribution in [3.05, 3.63) is 64.1 Å². The van der Waals surface area contributed by atoms with Gasteiger partial charge in [0.1, 0.15) is 0 Å². The number of hydrogen-bond acceptors (Lipinski definition) is 4. The predicted octanol–water partition coefficient (Wildman–Crippen LogP) is 6.13. The van der Waals surface area contributed by atoms with Crippen molar-refractivity contribution in [3.8, 4) is 0 Å². The van der Waals surface area contributed by atoms with Gasteiger partial charge in [0, 0.05) is 10.2 Å². The lowest BCUT2D eigenvalue weighted by Crippen LogP contribution is -2.15. The third-order valence-electron chi connectivity index (χ3n) is 3.42. The largest absolute Gasteiger partial charge is 0.368 e. The Morgan fingerprint density at radius 2 is 1.75 bits per heavy atom. The van der Waals surface area contributed by atoms with E-state index in [4.69, 9.17) is 9.05 Å². The lowest BCUT2D eigenvalue weighted by Gasteiger charge is -2.28. The Morgan fingerprint density at radius 3 is 2.33 bits per heavy atom. The van der Waals surface area contributed by atoms with Crippen LogP contribution in [0.2, 0.25) is 0 Å². The first-order valence-electron chi connectivity index (χ1n) is 7.96. The van der Waals surface area contributed by atoms with Gasteiger partial charge in [-0.3, -0.25) is 4.57 Å². The molecule has 0 aliphatic heterocycles. The van der Waals surface area contributed by atoms with Crippen molar-refractivity contribution in [2.75, 3.05) is 18.5 Å². The zero-order chi connectivity index (χ0) is 17.6. The molecule has 0 fully saturated rings. The van der Waals surface area contributed by atoms with Gasteiger partial charge in [-0.2, -0.15) is 0 Å². The van der Waals surface area contributed by atoms with Gasteiger partial charge in [-0.05, 0) is 56.2 Å². The molecule has 6 heteroatoms. The highest BCUT2D eigenvalue weighted by Gasteiger charge is 2.37. The number of rotatable bonds is 8. The molecule has 0 spiro atoms. The molecule has 4 nitrogen and oxygen atoms in total. The lowest BCUT2D eigenvalue weighted by molar-refractivity contribution is 0.214. The van der Waals surface area contributed by atoms with Crippen LogP contribution in [0.4, 0.5) is 5.69 Å². The van der Waals surface area contributed by atoms with Gasteiger partial charge in [-0.1, -0.05) is 40.2 Å². The summed E-state index contributed by atoms with van der Waals surface area (Å²) in [7, 11) is -3.38. The summed E-state index contributed by atoms with van der Waals surface area (Å²) in [6.45, 7) is 6.28. The first-order valence-corrected chi connectivity index (χ1v) is 10.4. The molecule has 2 aromatic rings. The van der Waals surface area contributed by atoms with Gasteiger partial charge in [-0.25, -0.2) is 0 Å². The molecule has 0 amide bonds. The second-order valence-corrected chi connectivity index (χ2v) is 8.37. The van der Waals surface area contributed by atoms with Gasteiger partial charge < -0.3 is 14.4 Å². The van der Waals surface area contributed by atoms with Gasteiger partial charge >= 0.3 is 7.60 Å². The molecule has 0 heterocycles. The molecule has 130 valence electrons. The highest BCUT2D eigenvalue weighted by Crippen LogP contribution is 2.60. The maximum Gasteiger partial charge on any atom is 0.357 e. The van der Waals surface area contributed by atoms with Crippen LogP contribution in [0.15, 0.2) is 53.0 Å². The highest BCUT2D eigenvalue weighted by molar-refractivity contribution is 9.10. The zero-order valence-corrected chi connectivity index (χ0v) is 16.6. The monoisotopic (exact) mass is 411 g/mol. The van der Waals surface area contributed by atoms with Crippen LogP contribution in [-0.2, 0) is 13.6 Å². The van der Waals surface area contributed by atoms with Crippen molar-refractivity contribution in [3.63, 3.8) is 0 Å². The molecular formula is C18H23BrNO3P. The maximum absolute atomic E-state index is 13.4. The van der Waals surface area contributed by atoms with Crippen molar-refractivity contribution >= 4 is 29.2 Å². The summed E-state index contributed by atoms with van der Waals surface area (Å²) in [6.07, 6.45) is 0. The van der Waals surface area contributed by atoms with Crippen molar-refractivity contribution < 1.29 is 13.6 Å². The minimum absolute atomic E-state index is 0.317. The predicted molar refractivity (Wildman–Crippen MR) is 103 cm³/mol. The second kappa shape index (κ2) is 8.82. The fourth-order valence-electron chi connectivity index (χ4n) is 2.46. The van der Waals surface area contributed by atoms with E-state index in [0.29, 0.717) is 13.2 Å². The minimum atomic E-state index is -3.38. The fraction of sp³-hybridized carbons (Fsp3) is 0.333. The Morgan fingerprint density at radius 1 is 1.08 bits per heavy atom. The van der Waals surface area contributed by atoms with E-state index in [1.54, 1.807) is 0 Å². The SMILES string of the molecule is CCOP(=O)(OCC)C(Nc1cccc(C)c1)c1cccc(Br)c1. The average molecular weight is 412 g/mol. The quantitative estimate of drug-likeness (QED) is 0.530. The van der Waals surface area contributed by atoms with E-state index in [0.717, 1.165) is 21.3 Å². The van der Waals surface area contributed by atoms with E-state index in [-0.39, 0.29) is 0 Å². The van der Waals surface area contributed by atoms with Crippen LogP contribution < -0.4 is 5.32 Å². The number of nitrogens with one attached hydrogen (secondary N) is 1. The Balaban J connectivity index is 2.45. The molecule has 0 saturated heterocycles. The molecule has 0 aromatic heterocycles. The van der Waals surface area contributed by atoms with E-state index >= 15 is 0 Å². The van der Waals surface area contributed by atoms with Gasteiger partial charge in [-0.15, -0.1) is 0 Å². The lowest BCUT2D eigenvalue weighted by atomic mass is 10.2. The number of hydrogen-bond donors (Lipinski definition) is 1. The Hall–Kier alpha value is -1.13. The number of anilines is 1. The minimum Gasteiger partial charge on any atom is -0.368 e. The standard InChI is InChI=1S/C18H23BrNO3P/c1-4-22-24(21,23-5-2)18(15-9-7-10-16(19)13-15)20-17-11-6-8-14(3)12-17/h6-13,18,20H,4-5H2,1-3H3. The van der Waals surface area contributed by atoms with Gasteiger partial charge in [0.15, 0.2) is 5.78 Å². The maximum atomic E-state index is 13.4. The molecule has 0 aliphatic rings. The molecule has 1 atom stereocenters. The molecule has 0 bridgehead atoms. The highest BCUT2D eigenvalue weighted by atomic mass is 79.9. The summed E-state index contributed by atoms with van der Waals surface area (Å²) < 4.78 is 25.5. The van der Waals surface area contributed by atoms with Crippen LogP contribution in [0, 0.1) is 6.92 Å². The number of aryl methyl sites for hydroxylation is 1. The molecule has 2 aromatic carbocycles. The van der Waals surface area contributed by atoms with Crippen LogP contribution in [0.5, 0.6) is 0 Å². The summed E-state index contributed by atoms with van der Waals surface area (Å²) in [5, 5.41) is 3.34. The molecule has 0 aliphatic carbocycles. The van der Waals surface area contributed by atoms with Gasteiger partial charge in [0.2, 0.25) is 0 Å². The number of halogens is 1. The molecular weight excluding hydrogens is 389 g/mol. The van der Waals surface area contributed by atoms with Crippen molar-refractivity contribution in [1.29, 1.82) is 0 Å². The zero-order valence-electron chi connectivity index (χ0n) is 14.2. The van der Waals surface area contributed by atoms with E-state index < -0.39 is 13.4 Å². The van der Waals surface area contributed by atoms with E-state index in [1.165, 1.54) is 0 Å². The molecule has 1 unspecified atom stereocenters. The molecule has 0 saturated carbocycles. The smallest absolute Gasteiger partial charge is 0.357 e. The molecule has 24 heavy (non-hydrogen) atoms. The Bertz CT molecular complexity index is 713.